The maximum Gasteiger partial charge on any atom is 0.217 e. The molecule has 0 bridgehead atoms. The predicted octanol–water partition coefficient (Wildman–Crippen LogP) is 4.50. The summed E-state index contributed by atoms with van der Waals surface area (Å²) in [5.74, 6) is 0. The summed E-state index contributed by atoms with van der Waals surface area (Å²) in [5.41, 5.74) is 2.79. The number of halogens is 3. The summed E-state index contributed by atoms with van der Waals surface area (Å²) in [7, 11) is 0. The van der Waals surface area contributed by atoms with Crippen molar-refractivity contribution < 1.29 is 0 Å². The second-order valence-corrected chi connectivity index (χ2v) is 5.90. The summed E-state index contributed by atoms with van der Waals surface area (Å²) in [6.45, 7) is 5.74. The molecule has 0 saturated heterocycles. The van der Waals surface area contributed by atoms with Crippen molar-refractivity contribution in [2.75, 3.05) is 0 Å². The fraction of sp³-hybridized carbons (Fsp3) is 0.250. The van der Waals surface area contributed by atoms with Gasteiger partial charge in [-0.1, -0.05) is 53.0 Å². The van der Waals surface area contributed by atoms with Crippen LogP contribution < -0.4 is 0 Å². The third kappa shape index (κ3) is 3.42. The Kier molecular flexibility index (Phi) is 4.27. The van der Waals surface area contributed by atoms with Gasteiger partial charge in [0, 0.05) is 5.56 Å². The molecule has 0 amide bonds. The summed E-state index contributed by atoms with van der Waals surface area (Å²) in [6.07, 6.45) is 0.708. The number of rotatable bonds is 2. The van der Waals surface area contributed by atoms with E-state index in [1.807, 2.05) is 19.1 Å². The minimum absolute atomic E-state index is 0.380. The Hall–Kier alpha value is -0.680. The van der Waals surface area contributed by atoms with Gasteiger partial charge in [-0.05, 0) is 31.0 Å². The van der Waals surface area contributed by atoms with E-state index in [4.69, 9.17) is 40.1 Å². The molecule has 0 aliphatic carbocycles. The van der Waals surface area contributed by atoms with Gasteiger partial charge in [-0.2, -0.15) is 5.26 Å². The number of hydrogen-bond acceptors (Lipinski definition) is 1. The molecule has 16 heavy (non-hydrogen) atoms. The van der Waals surface area contributed by atoms with Crippen LogP contribution in [0.15, 0.2) is 30.4 Å². The Morgan fingerprint density at radius 1 is 1.44 bits per heavy atom. The lowest BCUT2D eigenvalue weighted by atomic mass is 10.0. The van der Waals surface area contributed by atoms with E-state index in [2.05, 4.69) is 6.58 Å². The normalized spacial score (nSPS) is 10.9. The highest BCUT2D eigenvalue weighted by Gasteiger charge is 2.26. The topological polar surface area (TPSA) is 23.8 Å². The van der Waals surface area contributed by atoms with Crippen molar-refractivity contribution in [3.05, 3.63) is 47.0 Å². The zero-order valence-electron chi connectivity index (χ0n) is 8.73. The number of nitrogens with zero attached hydrogens (tertiary/aromatic N) is 1. The fourth-order valence-corrected chi connectivity index (χ4v) is 1.85. The second-order valence-electron chi connectivity index (χ2n) is 3.62. The van der Waals surface area contributed by atoms with E-state index in [1.54, 1.807) is 12.1 Å². The molecule has 1 aromatic carbocycles. The zero-order chi connectivity index (χ0) is 12.3. The molecule has 4 heteroatoms. The van der Waals surface area contributed by atoms with Gasteiger partial charge >= 0.3 is 0 Å². The third-order valence-electron chi connectivity index (χ3n) is 2.02. The Bertz CT molecular complexity index is 452. The molecule has 0 aliphatic rings. The highest BCUT2D eigenvalue weighted by molar-refractivity contribution is 6.66. The number of allylic oxidation sites excluding steroid dienone is 1. The molecule has 0 heterocycles. The van der Waals surface area contributed by atoms with Crippen molar-refractivity contribution in [1.82, 2.24) is 0 Å². The first-order valence-electron chi connectivity index (χ1n) is 4.59. The minimum Gasteiger partial charge on any atom is -0.192 e. The van der Waals surface area contributed by atoms with Crippen molar-refractivity contribution in [1.29, 1.82) is 5.26 Å². The maximum atomic E-state index is 8.91. The quantitative estimate of drug-likeness (QED) is 0.575. The predicted molar refractivity (Wildman–Crippen MR) is 68.9 cm³/mol. The average Bonchev–Trinajstić information content (AvgIpc) is 2.15. The fourth-order valence-electron chi connectivity index (χ4n) is 1.38. The molecule has 0 atom stereocenters. The Morgan fingerprint density at radius 3 is 2.50 bits per heavy atom. The lowest BCUT2D eigenvalue weighted by Crippen LogP contribution is -2.04. The first kappa shape index (κ1) is 13.4. The molecular weight excluding hydrogens is 264 g/mol. The van der Waals surface area contributed by atoms with Gasteiger partial charge in [-0.3, -0.25) is 0 Å². The van der Waals surface area contributed by atoms with Crippen LogP contribution in [0.25, 0.3) is 0 Å². The lowest BCUT2D eigenvalue weighted by Gasteiger charge is -2.14. The molecule has 0 aliphatic heterocycles. The van der Waals surface area contributed by atoms with Crippen LogP contribution in [0.2, 0.25) is 0 Å². The van der Waals surface area contributed by atoms with Gasteiger partial charge in [0.25, 0.3) is 0 Å². The molecular formula is C12H10Cl3N. The Labute approximate surface area is 110 Å². The van der Waals surface area contributed by atoms with Gasteiger partial charge in [0.05, 0.1) is 11.6 Å². The van der Waals surface area contributed by atoms with E-state index in [9.17, 15) is 0 Å². The zero-order valence-corrected chi connectivity index (χ0v) is 11.0. The van der Waals surface area contributed by atoms with Crippen molar-refractivity contribution in [2.45, 2.75) is 17.1 Å². The first-order chi connectivity index (χ1) is 7.34. The summed E-state index contributed by atoms with van der Waals surface area (Å²) < 4.78 is -1.57. The molecule has 84 valence electrons. The Morgan fingerprint density at radius 2 is 2.06 bits per heavy atom. The minimum atomic E-state index is -1.57. The van der Waals surface area contributed by atoms with Gasteiger partial charge in [0.15, 0.2) is 0 Å². The van der Waals surface area contributed by atoms with Crippen LogP contribution in [0, 0.1) is 11.3 Å². The SMILES string of the molecule is C=C(C)Cc1ccc(C#N)c(C(Cl)(Cl)Cl)c1. The summed E-state index contributed by atoms with van der Waals surface area (Å²) >= 11 is 17.4. The van der Waals surface area contributed by atoms with Crippen LogP contribution in [0.4, 0.5) is 0 Å². The summed E-state index contributed by atoms with van der Waals surface area (Å²) in [4.78, 5) is 0. The van der Waals surface area contributed by atoms with Gasteiger partial charge in [-0.15, -0.1) is 0 Å². The van der Waals surface area contributed by atoms with E-state index in [0.29, 0.717) is 17.5 Å². The van der Waals surface area contributed by atoms with Crippen molar-refractivity contribution in [3.8, 4) is 6.07 Å². The van der Waals surface area contributed by atoms with Gasteiger partial charge < -0.3 is 0 Å². The van der Waals surface area contributed by atoms with Crippen LogP contribution >= 0.6 is 34.8 Å². The van der Waals surface area contributed by atoms with E-state index in [1.165, 1.54) is 0 Å². The van der Waals surface area contributed by atoms with Gasteiger partial charge in [0.1, 0.15) is 0 Å². The molecule has 0 aromatic heterocycles. The van der Waals surface area contributed by atoms with E-state index in [-0.39, 0.29) is 0 Å². The number of nitriles is 1. The van der Waals surface area contributed by atoms with Gasteiger partial charge in [-0.25, -0.2) is 0 Å². The van der Waals surface area contributed by atoms with Crippen LogP contribution in [-0.4, -0.2) is 0 Å². The number of hydrogen-bond donors (Lipinski definition) is 0. The van der Waals surface area contributed by atoms with Crippen LogP contribution in [0.1, 0.15) is 23.6 Å². The number of benzene rings is 1. The molecule has 1 aromatic rings. The van der Waals surface area contributed by atoms with E-state index < -0.39 is 3.79 Å². The van der Waals surface area contributed by atoms with Crippen molar-refractivity contribution in [2.24, 2.45) is 0 Å². The van der Waals surface area contributed by atoms with Crippen molar-refractivity contribution in [3.63, 3.8) is 0 Å². The first-order valence-corrected chi connectivity index (χ1v) is 5.72. The highest BCUT2D eigenvalue weighted by atomic mass is 35.6. The molecule has 0 spiro atoms. The van der Waals surface area contributed by atoms with E-state index >= 15 is 0 Å². The smallest absolute Gasteiger partial charge is 0.192 e. The Balaban J connectivity index is 3.23. The van der Waals surface area contributed by atoms with Gasteiger partial charge in [0.2, 0.25) is 3.79 Å². The molecule has 0 saturated carbocycles. The molecule has 0 unspecified atom stereocenters. The number of alkyl halides is 3. The third-order valence-corrected chi connectivity index (χ3v) is 2.63. The average molecular weight is 275 g/mol. The summed E-state index contributed by atoms with van der Waals surface area (Å²) in [6, 6.07) is 7.25. The standard InChI is InChI=1S/C12H10Cl3N/c1-8(2)5-9-3-4-10(7-16)11(6-9)12(13,14)15/h3-4,6H,1,5H2,2H3. The molecule has 1 nitrogen and oxygen atoms in total. The monoisotopic (exact) mass is 273 g/mol. The lowest BCUT2D eigenvalue weighted by molar-refractivity contribution is 1.12. The van der Waals surface area contributed by atoms with E-state index in [0.717, 1.165) is 11.1 Å². The molecule has 1 rings (SSSR count). The molecule has 0 radical (unpaired) electrons. The van der Waals surface area contributed by atoms with Crippen molar-refractivity contribution >= 4 is 34.8 Å². The maximum absolute atomic E-state index is 8.91. The second kappa shape index (κ2) is 5.10. The summed E-state index contributed by atoms with van der Waals surface area (Å²) in [5, 5.41) is 8.91. The molecule has 0 N–H and O–H groups in total. The molecule has 0 fully saturated rings. The van der Waals surface area contributed by atoms with Crippen LogP contribution in [0.5, 0.6) is 0 Å². The van der Waals surface area contributed by atoms with Crippen LogP contribution in [-0.2, 0) is 10.2 Å². The van der Waals surface area contributed by atoms with Crippen LogP contribution in [0.3, 0.4) is 0 Å². The highest BCUT2D eigenvalue weighted by Crippen LogP contribution is 2.40. The largest absolute Gasteiger partial charge is 0.217 e.